The van der Waals surface area contributed by atoms with Gasteiger partial charge in [0.15, 0.2) is 0 Å². The third kappa shape index (κ3) is 6.50. The van der Waals surface area contributed by atoms with E-state index in [1.807, 2.05) is 43.3 Å². The van der Waals surface area contributed by atoms with E-state index in [9.17, 15) is 9.59 Å². The van der Waals surface area contributed by atoms with Crippen LogP contribution in [0.15, 0.2) is 54.6 Å². The predicted molar refractivity (Wildman–Crippen MR) is 105 cm³/mol. The number of benzene rings is 2. The molecule has 0 aliphatic carbocycles. The third-order valence-electron chi connectivity index (χ3n) is 3.96. The van der Waals surface area contributed by atoms with Crippen LogP contribution < -0.4 is 10.6 Å². The van der Waals surface area contributed by atoms with Crippen LogP contribution in [0.3, 0.4) is 0 Å². The normalized spacial score (nSPS) is 11.8. The molecule has 0 aliphatic rings. The monoisotopic (exact) mass is 373 g/mol. The van der Waals surface area contributed by atoms with E-state index in [1.165, 1.54) is 0 Å². The Labute approximate surface area is 159 Å². The molecule has 2 N–H and O–H groups in total. The summed E-state index contributed by atoms with van der Waals surface area (Å²) in [6.07, 6.45) is 0.326. The number of para-hydroxylation sites is 1. The standard InChI is InChI=1S/C20H24ClN3O2/c1-15(16-8-4-3-5-9-16)22-19(25)12-13-24(2)14-20(26)23-18-11-7-6-10-17(18)21/h3-11,15H,12-14H2,1-2H3,(H,22,25)(H,23,26). The van der Waals surface area contributed by atoms with Gasteiger partial charge in [-0.05, 0) is 31.7 Å². The van der Waals surface area contributed by atoms with Gasteiger partial charge < -0.3 is 10.6 Å². The number of carbonyl (C=O) groups is 2. The largest absolute Gasteiger partial charge is 0.350 e. The SMILES string of the molecule is CC(NC(=O)CCN(C)CC(=O)Nc1ccccc1Cl)c1ccccc1. The Bertz CT molecular complexity index is 737. The minimum Gasteiger partial charge on any atom is -0.350 e. The first kappa shape index (κ1) is 19.9. The molecule has 2 amide bonds. The van der Waals surface area contributed by atoms with Crippen molar-refractivity contribution in [3.63, 3.8) is 0 Å². The molecule has 0 bridgehead atoms. The molecule has 26 heavy (non-hydrogen) atoms. The molecule has 2 aromatic carbocycles. The summed E-state index contributed by atoms with van der Waals surface area (Å²) < 4.78 is 0. The summed E-state index contributed by atoms with van der Waals surface area (Å²) in [6, 6.07) is 16.8. The van der Waals surface area contributed by atoms with Crippen molar-refractivity contribution < 1.29 is 9.59 Å². The molecule has 1 atom stereocenters. The van der Waals surface area contributed by atoms with Crippen LogP contribution in [0.4, 0.5) is 5.69 Å². The van der Waals surface area contributed by atoms with Gasteiger partial charge in [0.05, 0.1) is 23.3 Å². The maximum atomic E-state index is 12.1. The van der Waals surface area contributed by atoms with Gasteiger partial charge in [0.2, 0.25) is 11.8 Å². The molecule has 2 rings (SSSR count). The van der Waals surface area contributed by atoms with Crippen LogP contribution in [-0.2, 0) is 9.59 Å². The zero-order valence-electron chi connectivity index (χ0n) is 15.0. The third-order valence-corrected chi connectivity index (χ3v) is 4.29. The van der Waals surface area contributed by atoms with Gasteiger partial charge in [0.1, 0.15) is 0 Å². The maximum Gasteiger partial charge on any atom is 0.238 e. The molecule has 0 fully saturated rings. The minimum atomic E-state index is -0.168. The van der Waals surface area contributed by atoms with E-state index in [-0.39, 0.29) is 24.4 Å². The number of likely N-dealkylation sites (N-methyl/N-ethyl adjacent to an activating group) is 1. The summed E-state index contributed by atoms with van der Waals surface area (Å²) in [6.45, 7) is 2.63. The van der Waals surface area contributed by atoms with Crippen LogP contribution in [0, 0.1) is 0 Å². The number of nitrogens with zero attached hydrogens (tertiary/aromatic N) is 1. The molecule has 0 spiro atoms. The number of rotatable bonds is 8. The zero-order valence-corrected chi connectivity index (χ0v) is 15.8. The fraction of sp³-hybridized carbons (Fsp3) is 0.300. The molecule has 2 aromatic rings. The molecule has 0 saturated carbocycles. The van der Waals surface area contributed by atoms with E-state index in [4.69, 9.17) is 11.6 Å². The average Bonchev–Trinajstić information content (AvgIpc) is 2.62. The summed E-state index contributed by atoms with van der Waals surface area (Å²) in [7, 11) is 1.81. The van der Waals surface area contributed by atoms with Gasteiger partial charge in [-0.2, -0.15) is 0 Å². The number of hydrogen-bond acceptors (Lipinski definition) is 3. The first-order valence-electron chi connectivity index (χ1n) is 8.53. The van der Waals surface area contributed by atoms with Crippen molar-refractivity contribution >= 4 is 29.1 Å². The highest BCUT2D eigenvalue weighted by Crippen LogP contribution is 2.20. The van der Waals surface area contributed by atoms with Crippen LogP contribution in [0.1, 0.15) is 24.9 Å². The first-order chi connectivity index (χ1) is 12.5. The lowest BCUT2D eigenvalue weighted by Gasteiger charge is -2.18. The van der Waals surface area contributed by atoms with Gasteiger partial charge in [0.25, 0.3) is 0 Å². The van der Waals surface area contributed by atoms with Crippen molar-refractivity contribution in [1.29, 1.82) is 0 Å². The molecule has 5 nitrogen and oxygen atoms in total. The summed E-state index contributed by atoms with van der Waals surface area (Å²) in [5.41, 5.74) is 1.65. The van der Waals surface area contributed by atoms with Crippen LogP contribution in [0.25, 0.3) is 0 Å². The van der Waals surface area contributed by atoms with Crippen molar-refractivity contribution in [3.8, 4) is 0 Å². The van der Waals surface area contributed by atoms with E-state index < -0.39 is 0 Å². The number of carbonyl (C=O) groups excluding carboxylic acids is 2. The van der Waals surface area contributed by atoms with Crippen molar-refractivity contribution in [2.45, 2.75) is 19.4 Å². The topological polar surface area (TPSA) is 61.4 Å². The molecule has 1 unspecified atom stereocenters. The minimum absolute atomic E-state index is 0.0419. The Morgan fingerprint density at radius 2 is 1.69 bits per heavy atom. The molecule has 0 heterocycles. The molecule has 138 valence electrons. The Kier molecular flexibility index (Phi) is 7.63. The Hall–Kier alpha value is -2.37. The van der Waals surface area contributed by atoms with Crippen LogP contribution in [0.5, 0.6) is 0 Å². The van der Waals surface area contributed by atoms with E-state index in [0.717, 1.165) is 5.56 Å². The maximum absolute atomic E-state index is 12.1. The van der Waals surface area contributed by atoms with Crippen LogP contribution in [0.2, 0.25) is 5.02 Å². The lowest BCUT2D eigenvalue weighted by molar-refractivity contribution is -0.123. The summed E-state index contributed by atoms with van der Waals surface area (Å²) in [5, 5.41) is 6.24. The van der Waals surface area contributed by atoms with Gasteiger partial charge in [-0.15, -0.1) is 0 Å². The van der Waals surface area contributed by atoms with E-state index in [0.29, 0.717) is 23.7 Å². The summed E-state index contributed by atoms with van der Waals surface area (Å²) in [5.74, 6) is -0.210. The van der Waals surface area contributed by atoms with Crippen molar-refractivity contribution in [3.05, 3.63) is 65.2 Å². The number of hydrogen-bond donors (Lipinski definition) is 2. The van der Waals surface area contributed by atoms with Gasteiger partial charge in [-0.1, -0.05) is 54.1 Å². The first-order valence-corrected chi connectivity index (χ1v) is 8.90. The highest BCUT2D eigenvalue weighted by molar-refractivity contribution is 6.33. The number of amides is 2. The molecule has 0 aliphatic heterocycles. The highest BCUT2D eigenvalue weighted by atomic mass is 35.5. The van der Waals surface area contributed by atoms with Crippen molar-refractivity contribution in [1.82, 2.24) is 10.2 Å². The highest BCUT2D eigenvalue weighted by Gasteiger charge is 2.12. The van der Waals surface area contributed by atoms with Gasteiger partial charge in [-0.25, -0.2) is 0 Å². The fourth-order valence-electron chi connectivity index (χ4n) is 2.51. The predicted octanol–water partition coefficient (Wildman–Crippen LogP) is 3.48. The second-order valence-electron chi connectivity index (χ2n) is 6.22. The lowest BCUT2D eigenvalue weighted by atomic mass is 10.1. The Morgan fingerprint density at radius 3 is 2.38 bits per heavy atom. The molecule has 0 saturated heterocycles. The van der Waals surface area contributed by atoms with E-state index >= 15 is 0 Å². The second kappa shape index (κ2) is 9.94. The van der Waals surface area contributed by atoms with Gasteiger partial charge >= 0.3 is 0 Å². The quantitative estimate of drug-likeness (QED) is 0.744. The molecule has 6 heteroatoms. The zero-order chi connectivity index (χ0) is 18.9. The van der Waals surface area contributed by atoms with Crippen molar-refractivity contribution in [2.24, 2.45) is 0 Å². The Balaban J connectivity index is 1.72. The van der Waals surface area contributed by atoms with Gasteiger partial charge in [0, 0.05) is 13.0 Å². The van der Waals surface area contributed by atoms with E-state index in [2.05, 4.69) is 10.6 Å². The second-order valence-corrected chi connectivity index (χ2v) is 6.62. The van der Waals surface area contributed by atoms with Gasteiger partial charge in [-0.3, -0.25) is 14.5 Å². The average molecular weight is 374 g/mol. The summed E-state index contributed by atoms with van der Waals surface area (Å²) in [4.78, 5) is 26.0. The summed E-state index contributed by atoms with van der Waals surface area (Å²) >= 11 is 6.03. The molecule has 0 aromatic heterocycles. The smallest absolute Gasteiger partial charge is 0.238 e. The van der Waals surface area contributed by atoms with Crippen molar-refractivity contribution in [2.75, 3.05) is 25.5 Å². The number of nitrogens with one attached hydrogen (secondary N) is 2. The lowest BCUT2D eigenvalue weighted by Crippen LogP contribution is -2.34. The van der Waals surface area contributed by atoms with Crippen LogP contribution in [-0.4, -0.2) is 36.9 Å². The number of halogens is 1. The van der Waals surface area contributed by atoms with E-state index in [1.54, 1.807) is 30.1 Å². The van der Waals surface area contributed by atoms with Crippen LogP contribution >= 0.6 is 11.6 Å². The fourth-order valence-corrected chi connectivity index (χ4v) is 2.69. The number of anilines is 1. The Morgan fingerprint density at radius 1 is 1.04 bits per heavy atom. The molecular formula is C20H24ClN3O2. The molecule has 0 radical (unpaired) electrons. The molecular weight excluding hydrogens is 350 g/mol.